The van der Waals surface area contributed by atoms with Gasteiger partial charge in [-0.2, -0.15) is 0 Å². The summed E-state index contributed by atoms with van der Waals surface area (Å²) in [6.45, 7) is 6.30. The summed E-state index contributed by atoms with van der Waals surface area (Å²) in [5.74, 6) is -1.73. The molecule has 12 heavy (non-hydrogen) atoms. The molecule has 0 fully saturated rings. The van der Waals surface area contributed by atoms with Gasteiger partial charge in [-0.25, -0.2) is 4.79 Å². The predicted octanol–water partition coefficient (Wildman–Crippen LogP) is 0.844. The topological polar surface area (TPSA) is 63.6 Å². The van der Waals surface area contributed by atoms with E-state index in [1.54, 1.807) is 20.8 Å². The molecular weight excluding hydrogens is 160 g/mol. The molecule has 0 radical (unpaired) electrons. The van der Waals surface area contributed by atoms with Crippen molar-refractivity contribution in [3.05, 3.63) is 0 Å². The van der Waals surface area contributed by atoms with Crippen LogP contribution in [0.15, 0.2) is 0 Å². The first-order chi connectivity index (χ1) is 5.24. The maximum atomic E-state index is 10.8. The van der Waals surface area contributed by atoms with Crippen LogP contribution in [0.1, 0.15) is 27.7 Å². The van der Waals surface area contributed by atoms with Gasteiger partial charge in [-0.15, -0.1) is 0 Å². The van der Waals surface area contributed by atoms with Gasteiger partial charge in [0.1, 0.15) is 0 Å². The molecule has 1 atom stereocenters. The number of ether oxygens (including phenoxy) is 1. The molecule has 0 saturated carbocycles. The molecule has 0 spiro atoms. The van der Waals surface area contributed by atoms with Crippen molar-refractivity contribution in [2.75, 3.05) is 0 Å². The summed E-state index contributed by atoms with van der Waals surface area (Å²) < 4.78 is 5.01. The van der Waals surface area contributed by atoms with Gasteiger partial charge in [-0.3, -0.25) is 4.79 Å². The molecule has 0 aromatic heterocycles. The molecule has 0 aliphatic rings. The van der Waals surface area contributed by atoms with Crippen molar-refractivity contribution in [3.8, 4) is 0 Å². The highest BCUT2D eigenvalue weighted by molar-refractivity contribution is 5.99. The Bertz CT molecular complexity index is 176. The SMILES string of the molecule is CC(=O)C(OC(C)(C)C)C(=O)O. The third-order valence-corrected chi connectivity index (χ3v) is 1.06. The Morgan fingerprint density at radius 2 is 1.75 bits per heavy atom. The second-order valence-electron chi connectivity index (χ2n) is 3.56. The zero-order valence-electron chi connectivity index (χ0n) is 7.75. The quantitative estimate of drug-likeness (QED) is 0.644. The average Bonchev–Trinajstić information content (AvgIpc) is 1.79. The van der Waals surface area contributed by atoms with Crippen LogP contribution < -0.4 is 0 Å². The number of hydrogen-bond acceptors (Lipinski definition) is 3. The van der Waals surface area contributed by atoms with E-state index in [2.05, 4.69) is 0 Å². The van der Waals surface area contributed by atoms with E-state index in [0.717, 1.165) is 0 Å². The lowest BCUT2D eigenvalue weighted by molar-refractivity contribution is -0.165. The van der Waals surface area contributed by atoms with Crippen molar-refractivity contribution in [1.82, 2.24) is 0 Å². The predicted molar refractivity (Wildman–Crippen MR) is 42.9 cm³/mol. The highest BCUT2D eigenvalue weighted by Crippen LogP contribution is 2.11. The van der Waals surface area contributed by atoms with E-state index in [1.165, 1.54) is 6.92 Å². The largest absolute Gasteiger partial charge is 0.479 e. The van der Waals surface area contributed by atoms with Gasteiger partial charge in [-0.05, 0) is 27.7 Å². The Balaban J connectivity index is 4.35. The lowest BCUT2D eigenvalue weighted by Crippen LogP contribution is -2.37. The molecular formula is C8H14O4. The second kappa shape index (κ2) is 3.67. The fourth-order valence-corrected chi connectivity index (χ4v) is 0.661. The summed E-state index contributed by atoms with van der Waals surface area (Å²) in [5, 5.41) is 8.56. The summed E-state index contributed by atoms with van der Waals surface area (Å²) in [6, 6.07) is 0. The standard InChI is InChI=1S/C8H14O4/c1-5(9)6(7(10)11)12-8(2,3)4/h6H,1-4H3,(H,10,11). The Hall–Kier alpha value is -0.900. The fraction of sp³-hybridized carbons (Fsp3) is 0.750. The van der Waals surface area contributed by atoms with Gasteiger partial charge in [0.15, 0.2) is 5.78 Å². The number of hydrogen-bond donors (Lipinski definition) is 1. The van der Waals surface area contributed by atoms with Crippen molar-refractivity contribution in [2.24, 2.45) is 0 Å². The highest BCUT2D eigenvalue weighted by atomic mass is 16.5. The van der Waals surface area contributed by atoms with E-state index in [-0.39, 0.29) is 0 Å². The number of aliphatic carboxylic acids is 1. The Kier molecular flexibility index (Phi) is 3.39. The number of carbonyl (C=O) groups excluding carboxylic acids is 1. The summed E-state index contributed by atoms with van der Waals surface area (Å²) in [5.41, 5.74) is -0.616. The zero-order chi connectivity index (χ0) is 9.94. The third-order valence-electron chi connectivity index (χ3n) is 1.06. The van der Waals surface area contributed by atoms with E-state index in [4.69, 9.17) is 9.84 Å². The summed E-state index contributed by atoms with van der Waals surface area (Å²) in [6.07, 6.45) is -1.34. The molecule has 0 rings (SSSR count). The lowest BCUT2D eigenvalue weighted by Gasteiger charge is -2.23. The molecule has 0 aromatic carbocycles. The van der Waals surface area contributed by atoms with Crippen LogP contribution in [0.2, 0.25) is 0 Å². The molecule has 0 bridgehead atoms. The van der Waals surface area contributed by atoms with Crippen molar-refractivity contribution in [3.63, 3.8) is 0 Å². The van der Waals surface area contributed by atoms with Crippen LogP contribution in [0.25, 0.3) is 0 Å². The minimum Gasteiger partial charge on any atom is -0.479 e. The molecule has 1 N–H and O–H groups in total. The lowest BCUT2D eigenvalue weighted by atomic mass is 10.1. The number of carbonyl (C=O) groups is 2. The molecule has 0 amide bonds. The minimum absolute atomic E-state index is 0.488. The van der Waals surface area contributed by atoms with Crippen molar-refractivity contribution in [2.45, 2.75) is 39.4 Å². The van der Waals surface area contributed by atoms with Gasteiger partial charge in [-0.1, -0.05) is 0 Å². The van der Waals surface area contributed by atoms with E-state index in [9.17, 15) is 9.59 Å². The molecule has 0 heterocycles. The van der Waals surface area contributed by atoms with Crippen LogP contribution in [-0.2, 0) is 14.3 Å². The average molecular weight is 174 g/mol. The van der Waals surface area contributed by atoms with Crippen molar-refractivity contribution in [1.29, 1.82) is 0 Å². The smallest absolute Gasteiger partial charge is 0.340 e. The van der Waals surface area contributed by atoms with Crippen LogP contribution in [0.3, 0.4) is 0 Å². The van der Waals surface area contributed by atoms with Crippen LogP contribution in [0.4, 0.5) is 0 Å². The maximum Gasteiger partial charge on any atom is 0.340 e. The first-order valence-electron chi connectivity index (χ1n) is 3.65. The monoisotopic (exact) mass is 174 g/mol. The van der Waals surface area contributed by atoms with Crippen LogP contribution in [0.5, 0.6) is 0 Å². The van der Waals surface area contributed by atoms with Crippen molar-refractivity contribution >= 4 is 11.8 Å². The van der Waals surface area contributed by atoms with E-state index in [0.29, 0.717) is 0 Å². The van der Waals surface area contributed by atoms with Gasteiger partial charge >= 0.3 is 5.97 Å². The highest BCUT2D eigenvalue weighted by Gasteiger charge is 2.28. The fourth-order valence-electron chi connectivity index (χ4n) is 0.661. The Morgan fingerprint density at radius 1 is 1.33 bits per heavy atom. The first kappa shape index (κ1) is 11.1. The molecule has 0 saturated heterocycles. The normalized spacial score (nSPS) is 14.0. The van der Waals surface area contributed by atoms with Crippen molar-refractivity contribution < 1.29 is 19.4 Å². The summed E-state index contributed by atoms with van der Waals surface area (Å²) in [7, 11) is 0. The number of rotatable bonds is 3. The minimum atomic E-state index is -1.34. The van der Waals surface area contributed by atoms with Crippen LogP contribution >= 0.6 is 0 Å². The third kappa shape index (κ3) is 4.08. The van der Waals surface area contributed by atoms with Gasteiger partial charge in [0, 0.05) is 0 Å². The number of carboxylic acids is 1. The van der Waals surface area contributed by atoms with E-state index in [1.807, 2.05) is 0 Å². The van der Waals surface area contributed by atoms with Gasteiger partial charge in [0.05, 0.1) is 5.60 Å². The van der Waals surface area contributed by atoms with Gasteiger partial charge in [0.2, 0.25) is 6.10 Å². The van der Waals surface area contributed by atoms with Gasteiger partial charge in [0.25, 0.3) is 0 Å². The zero-order valence-corrected chi connectivity index (χ0v) is 7.75. The molecule has 1 unspecified atom stereocenters. The molecule has 0 aliphatic heterocycles. The first-order valence-corrected chi connectivity index (χ1v) is 3.65. The van der Waals surface area contributed by atoms with E-state index >= 15 is 0 Å². The van der Waals surface area contributed by atoms with E-state index < -0.39 is 23.5 Å². The molecule has 0 aromatic rings. The summed E-state index contributed by atoms with van der Waals surface area (Å²) in [4.78, 5) is 21.2. The van der Waals surface area contributed by atoms with Crippen LogP contribution in [-0.4, -0.2) is 28.6 Å². The Labute approximate surface area is 71.5 Å². The second-order valence-corrected chi connectivity index (χ2v) is 3.56. The van der Waals surface area contributed by atoms with Gasteiger partial charge < -0.3 is 9.84 Å². The number of ketones is 1. The Morgan fingerprint density at radius 3 is 1.83 bits per heavy atom. The molecule has 0 aliphatic carbocycles. The molecule has 4 heteroatoms. The van der Waals surface area contributed by atoms with Crippen LogP contribution in [0, 0.1) is 0 Å². The number of carboxylic acid groups (broad SMARTS) is 1. The maximum absolute atomic E-state index is 10.8. The summed E-state index contributed by atoms with van der Waals surface area (Å²) >= 11 is 0. The molecule has 70 valence electrons. The molecule has 4 nitrogen and oxygen atoms in total. The number of Topliss-reactive ketones (excluding diaryl/α,β-unsaturated/α-hetero) is 1.